The van der Waals surface area contributed by atoms with Gasteiger partial charge in [0, 0.05) is 0 Å². The lowest BCUT2D eigenvalue weighted by Crippen LogP contribution is -1.75. The number of allylic oxidation sites excluding steroid dienone is 1. The summed E-state index contributed by atoms with van der Waals surface area (Å²) < 4.78 is 1.38. The maximum atomic E-state index is 3.68. The summed E-state index contributed by atoms with van der Waals surface area (Å²) in [6.07, 6.45) is 2.94. The molecule has 0 radical (unpaired) electrons. The Hall–Kier alpha value is 0.170. The molecule has 0 atom stereocenters. The van der Waals surface area contributed by atoms with Crippen LogP contribution in [-0.4, -0.2) is 0 Å². The zero-order chi connectivity index (χ0) is 6.69. The van der Waals surface area contributed by atoms with Crippen molar-refractivity contribution in [1.29, 1.82) is 0 Å². The van der Waals surface area contributed by atoms with Crippen molar-refractivity contribution >= 4 is 33.9 Å². The van der Waals surface area contributed by atoms with Crippen LogP contribution in [0.3, 0.4) is 0 Å². The molecule has 0 bridgehead atoms. The van der Waals surface area contributed by atoms with Crippen LogP contribution in [0.5, 0.6) is 0 Å². The molecule has 1 rings (SSSR count). The summed E-state index contributed by atoms with van der Waals surface area (Å²) in [5.41, 5.74) is 1.40. The third kappa shape index (κ3) is 1.79. The van der Waals surface area contributed by atoms with Gasteiger partial charge in [-0.1, -0.05) is 6.08 Å². The van der Waals surface area contributed by atoms with Gasteiger partial charge in [-0.3, -0.25) is 0 Å². The molecular formula is C7H7IS. The first kappa shape index (κ1) is 7.28. The van der Waals surface area contributed by atoms with Crippen molar-refractivity contribution in [1.82, 2.24) is 0 Å². The van der Waals surface area contributed by atoms with Crippen molar-refractivity contribution in [2.24, 2.45) is 0 Å². The van der Waals surface area contributed by atoms with E-state index in [1.54, 1.807) is 11.3 Å². The molecule has 1 heterocycles. The predicted molar refractivity (Wildman–Crippen MR) is 50.9 cm³/mol. The Morgan fingerprint density at radius 3 is 3.00 bits per heavy atom. The number of thiophene rings is 1. The summed E-state index contributed by atoms with van der Waals surface area (Å²) in [4.78, 5) is 0. The molecule has 0 amide bonds. The largest absolute Gasteiger partial charge is 0.137 e. The Labute approximate surface area is 72.7 Å². The molecule has 1 aromatic rings. The molecular weight excluding hydrogens is 243 g/mol. The van der Waals surface area contributed by atoms with Gasteiger partial charge >= 0.3 is 0 Å². The number of hydrogen-bond donors (Lipinski definition) is 0. The molecule has 0 unspecified atom stereocenters. The van der Waals surface area contributed by atoms with Crippen molar-refractivity contribution in [3.05, 3.63) is 32.5 Å². The van der Waals surface area contributed by atoms with Crippen LogP contribution in [0.1, 0.15) is 5.56 Å². The number of rotatable bonds is 2. The molecule has 0 N–H and O–H groups in total. The first-order valence-electron chi connectivity index (χ1n) is 2.67. The van der Waals surface area contributed by atoms with Gasteiger partial charge in [-0.25, -0.2) is 0 Å². The summed E-state index contributed by atoms with van der Waals surface area (Å²) >= 11 is 4.13. The quantitative estimate of drug-likeness (QED) is 0.559. The fourth-order valence-corrected chi connectivity index (χ4v) is 2.12. The molecule has 0 aliphatic heterocycles. The van der Waals surface area contributed by atoms with E-state index in [-0.39, 0.29) is 0 Å². The van der Waals surface area contributed by atoms with E-state index in [0.717, 1.165) is 6.42 Å². The Morgan fingerprint density at radius 1 is 1.78 bits per heavy atom. The molecule has 2 heteroatoms. The summed E-state index contributed by atoms with van der Waals surface area (Å²) in [5.74, 6) is 0. The predicted octanol–water partition coefficient (Wildman–Crippen LogP) is 3.08. The molecule has 0 fully saturated rings. The monoisotopic (exact) mass is 250 g/mol. The molecule has 0 saturated heterocycles. The van der Waals surface area contributed by atoms with E-state index in [4.69, 9.17) is 0 Å². The van der Waals surface area contributed by atoms with Gasteiger partial charge in [-0.05, 0) is 46.0 Å². The van der Waals surface area contributed by atoms with Gasteiger partial charge in [0.1, 0.15) is 0 Å². The van der Waals surface area contributed by atoms with Gasteiger partial charge in [0.2, 0.25) is 0 Å². The summed E-state index contributed by atoms with van der Waals surface area (Å²) in [5, 5.41) is 2.11. The Morgan fingerprint density at radius 2 is 2.56 bits per heavy atom. The highest BCUT2D eigenvalue weighted by Gasteiger charge is 1.95. The van der Waals surface area contributed by atoms with Crippen molar-refractivity contribution in [2.45, 2.75) is 6.42 Å². The third-order valence-corrected chi connectivity index (χ3v) is 3.25. The Balaban J connectivity index is 2.80. The molecule has 0 spiro atoms. The van der Waals surface area contributed by atoms with E-state index in [1.807, 2.05) is 6.08 Å². The maximum absolute atomic E-state index is 3.68. The summed E-state index contributed by atoms with van der Waals surface area (Å²) in [7, 11) is 0. The van der Waals surface area contributed by atoms with Crippen LogP contribution in [-0.2, 0) is 6.42 Å². The van der Waals surface area contributed by atoms with Crippen LogP contribution in [0.25, 0.3) is 0 Å². The van der Waals surface area contributed by atoms with Crippen molar-refractivity contribution in [3.8, 4) is 0 Å². The number of halogens is 1. The maximum Gasteiger partial charge on any atom is 0.0688 e. The van der Waals surface area contributed by atoms with Crippen molar-refractivity contribution < 1.29 is 0 Å². The summed E-state index contributed by atoms with van der Waals surface area (Å²) in [6.45, 7) is 3.68. The Bertz CT molecular complexity index is 202. The van der Waals surface area contributed by atoms with Crippen LogP contribution >= 0.6 is 33.9 Å². The Kier molecular flexibility index (Phi) is 2.72. The molecule has 0 saturated carbocycles. The van der Waals surface area contributed by atoms with Crippen LogP contribution in [0, 0.1) is 2.88 Å². The van der Waals surface area contributed by atoms with E-state index in [9.17, 15) is 0 Å². The third-order valence-electron chi connectivity index (χ3n) is 1.06. The standard InChI is InChI=1S/C7H7IS/c1-2-3-6-4-5-9-7(6)8/h2,4-5H,1,3H2. The van der Waals surface area contributed by atoms with Gasteiger partial charge in [-0.15, -0.1) is 17.9 Å². The van der Waals surface area contributed by atoms with Gasteiger partial charge in [0.25, 0.3) is 0 Å². The van der Waals surface area contributed by atoms with E-state index in [2.05, 4.69) is 40.6 Å². The molecule has 0 nitrogen and oxygen atoms in total. The average molecular weight is 250 g/mol. The van der Waals surface area contributed by atoms with Gasteiger partial charge in [0.15, 0.2) is 0 Å². The van der Waals surface area contributed by atoms with Gasteiger partial charge in [0.05, 0.1) is 2.88 Å². The zero-order valence-corrected chi connectivity index (χ0v) is 7.91. The average Bonchev–Trinajstić information content (AvgIpc) is 2.18. The normalized spacial score (nSPS) is 9.44. The zero-order valence-electron chi connectivity index (χ0n) is 4.93. The van der Waals surface area contributed by atoms with Crippen LogP contribution < -0.4 is 0 Å². The van der Waals surface area contributed by atoms with Crippen molar-refractivity contribution in [3.63, 3.8) is 0 Å². The molecule has 0 aliphatic rings. The topological polar surface area (TPSA) is 0 Å². The van der Waals surface area contributed by atoms with E-state index in [1.165, 1.54) is 8.45 Å². The van der Waals surface area contributed by atoms with Gasteiger partial charge < -0.3 is 0 Å². The minimum atomic E-state index is 1.00. The molecule has 0 aromatic carbocycles. The molecule has 9 heavy (non-hydrogen) atoms. The van der Waals surface area contributed by atoms with Crippen LogP contribution in [0.15, 0.2) is 24.1 Å². The minimum Gasteiger partial charge on any atom is -0.137 e. The van der Waals surface area contributed by atoms with E-state index < -0.39 is 0 Å². The fourth-order valence-electron chi connectivity index (χ4n) is 0.621. The first-order valence-corrected chi connectivity index (χ1v) is 4.63. The van der Waals surface area contributed by atoms with Crippen LogP contribution in [0.4, 0.5) is 0 Å². The minimum absolute atomic E-state index is 1.00. The second-order valence-corrected chi connectivity index (χ2v) is 4.44. The first-order chi connectivity index (χ1) is 4.34. The van der Waals surface area contributed by atoms with E-state index >= 15 is 0 Å². The number of hydrogen-bond acceptors (Lipinski definition) is 1. The lowest BCUT2D eigenvalue weighted by Gasteiger charge is -1.87. The summed E-state index contributed by atoms with van der Waals surface area (Å²) in [6, 6.07) is 2.15. The smallest absolute Gasteiger partial charge is 0.0688 e. The van der Waals surface area contributed by atoms with E-state index in [0.29, 0.717) is 0 Å². The highest BCUT2D eigenvalue weighted by molar-refractivity contribution is 14.1. The second kappa shape index (κ2) is 3.37. The molecule has 0 aliphatic carbocycles. The fraction of sp³-hybridized carbons (Fsp3) is 0.143. The lowest BCUT2D eigenvalue weighted by molar-refractivity contribution is 1.29. The lowest BCUT2D eigenvalue weighted by atomic mass is 10.2. The van der Waals surface area contributed by atoms with Crippen LogP contribution in [0.2, 0.25) is 0 Å². The second-order valence-electron chi connectivity index (χ2n) is 1.71. The molecule has 1 aromatic heterocycles. The highest BCUT2D eigenvalue weighted by Crippen LogP contribution is 2.19. The van der Waals surface area contributed by atoms with Crippen molar-refractivity contribution in [2.75, 3.05) is 0 Å². The highest BCUT2D eigenvalue weighted by atomic mass is 127. The van der Waals surface area contributed by atoms with Gasteiger partial charge in [-0.2, -0.15) is 0 Å². The molecule has 48 valence electrons. The SMILES string of the molecule is C=CCc1ccsc1I.